The first-order valence-electron chi connectivity index (χ1n) is 8.76. The average molecular weight is 373 g/mol. The number of carbonyl (C=O) groups excluding carboxylic acids is 2. The average Bonchev–Trinajstić information content (AvgIpc) is 2.64. The Hall–Kier alpha value is -2.33. The van der Waals surface area contributed by atoms with E-state index in [1.165, 1.54) is 0 Å². The third-order valence-electron chi connectivity index (χ3n) is 4.50. The van der Waals surface area contributed by atoms with Crippen molar-refractivity contribution in [1.29, 1.82) is 0 Å². The summed E-state index contributed by atoms with van der Waals surface area (Å²) in [7, 11) is 1.59. The molecule has 5 heteroatoms. The van der Waals surface area contributed by atoms with Gasteiger partial charge in [0.1, 0.15) is 6.04 Å². The molecule has 2 aromatic rings. The van der Waals surface area contributed by atoms with Gasteiger partial charge in [0.05, 0.1) is 6.42 Å². The summed E-state index contributed by atoms with van der Waals surface area (Å²) < 4.78 is 0. The molecule has 2 aromatic carbocycles. The van der Waals surface area contributed by atoms with E-state index in [1.54, 1.807) is 24.1 Å². The number of rotatable bonds is 7. The minimum atomic E-state index is -0.507. The van der Waals surface area contributed by atoms with E-state index in [1.807, 2.05) is 50.2 Å². The van der Waals surface area contributed by atoms with Crippen molar-refractivity contribution in [1.82, 2.24) is 10.2 Å². The molecule has 0 aromatic heterocycles. The lowest BCUT2D eigenvalue weighted by Gasteiger charge is -2.30. The Balaban J connectivity index is 2.29. The predicted octanol–water partition coefficient (Wildman–Crippen LogP) is 3.74. The molecule has 0 spiro atoms. The summed E-state index contributed by atoms with van der Waals surface area (Å²) in [4.78, 5) is 27.1. The van der Waals surface area contributed by atoms with Crippen LogP contribution in [0.3, 0.4) is 0 Å². The Labute approximate surface area is 160 Å². The predicted molar refractivity (Wildman–Crippen MR) is 105 cm³/mol. The highest BCUT2D eigenvalue weighted by Gasteiger charge is 2.28. The molecule has 0 saturated carbocycles. The van der Waals surface area contributed by atoms with Crippen LogP contribution in [0.2, 0.25) is 5.02 Å². The Morgan fingerprint density at radius 2 is 1.77 bits per heavy atom. The quantitative estimate of drug-likeness (QED) is 0.804. The molecule has 0 aliphatic heterocycles. The van der Waals surface area contributed by atoms with Gasteiger partial charge in [0.15, 0.2) is 0 Å². The van der Waals surface area contributed by atoms with Crippen LogP contribution < -0.4 is 5.32 Å². The molecule has 4 nitrogen and oxygen atoms in total. The molecule has 1 unspecified atom stereocenters. The number of nitrogens with one attached hydrogen (secondary N) is 1. The fraction of sp³-hybridized carbons (Fsp3) is 0.333. The highest BCUT2D eigenvalue weighted by Crippen LogP contribution is 2.17. The summed E-state index contributed by atoms with van der Waals surface area (Å²) in [6, 6.07) is 14.7. The summed E-state index contributed by atoms with van der Waals surface area (Å²) >= 11 is 5.95. The topological polar surface area (TPSA) is 49.4 Å². The summed E-state index contributed by atoms with van der Waals surface area (Å²) in [5.41, 5.74) is 2.99. The number of aryl methyl sites for hydroxylation is 1. The van der Waals surface area contributed by atoms with Gasteiger partial charge in [-0.25, -0.2) is 0 Å². The van der Waals surface area contributed by atoms with E-state index in [2.05, 4.69) is 5.32 Å². The van der Waals surface area contributed by atoms with Gasteiger partial charge in [-0.15, -0.1) is 0 Å². The summed E-state index contributed by atoms with van der Waals surface area (Å²) in [5.74, 6) is -0.218. The van der Waals surface area contributed by atoms with Gasteiger partial charge in [0.2, 0.25) is 11.8 Å². The second-order valence-corrected chi connectivity index (χ2v) is 6.73. The molecule has 0 bridgehead atoms. The van der Waals surface area contributed by atoms with E-state index in [0.717, 1.165) is 16.7 Å². The van der Waals surface area contributed by atoms with E-state index in [4.69, 9.17) is 11.6 Å². The van der Waals surface area contributed by atoms with Gasteiger partial charge in [-0.3, -0.25) is 9.59 Å². The molecule has 2 amide bonds. The molecule has 1 atom stereocenters. The number of hydrogen-bond donors (Lipinski definition) is 1. The van der Waals surface area contributed by atoms with Gasteiger partial charge in [0.25, 0.3) is 0 Å². The number of hydrogen-bond acceptors (Lipinski definition) is 2. The maximum atomic E-state index is 13.1. The molecule has 0 aliphatic rings. The molecule has 26 heavy (non-hydrogen) atoms. The molecular formula is C21H25ClN2O2. The fourth-order valence-corrected chi connectivity index (χ4v) is 3.07. The molecule has 2 rings (SSSR count). The summed E-state index contributed by atoms with van der Waals surface area (Å²) in [5, 5.41) is 3.31. The van der Waals surface area contributed by atoms with Gasteiger partial charge in [-0.1, -0.05) is 54.9 Å². The van der Waals surface area contributed by atoms with Crippen molar-refractivity contribution in [3.63, 3.8) is 0 Å². The first-order chi connectivity index (χ1) is 12.5. The monoisotopic (exact) mass is 372 g/mol. The number of nitrogens with zero attached hydrogens (tertiary/aromatic N) is 1. The normalized spacial score (nSPS) is 11.7. The van der Waals surface area contributed by atoms with E-state index < -0.39 is 6.04 Å². The van der Waals surface area contributed by atoms with Crippen LogP contribution in [0.25, 0.3) is 0 Å². The molecule has 138 valence electrons. The third kappa shape index (κ3) is 5.09. The minimum absolute atomic E-state index is 0.0651. The number of likely N-dealkylation sites (N-methyl/N-ethyl adjacent to an activating group) is 1. The van der Waals surface area contributed by atoms with Crippen molar-refractivity contribution < 1.29 is 9.59 Å². The summed E-state index contributed by atoms with van der Waals surface area (Å²) in [6.45, 7) is 4.27. The van der Waals surface area contributed by atoms with E-state index in [-0.39, 0.29) is 18.2 Å². The van der Waals surface area contributed by atoms with Gasteiger partial charge in [0, 0.05) is 18.6 Å². The van der Waals surface area contributed by atoms with E-state index >= 15 is 0 Å². The molecule has 0 aliphatic carbocycles. The van der Waals surface area contributed by atoms with Gasteiger partial charge >= 0.3 is 0 Å². The lowest BCUT2D eigenvalue weighted by molar-refractivity contribution is -0.140. The van der Waals surface area contributed by atoms with Crippen LogP contribution in [0, 0.1) is 6.92 Å². The van der Waals surface area contributed by atoms with Crippen LogP contribution in [0.4, 0.5) is 0 Å². The second-order valence-electron chi connectivity index (χ2n) is 6.29. The highest BCUT2D eigenvalue weighted by atomic mass is 35.5. The van der Waals surface area contributed by atoms with E-state index in [9.17, 15) is 9.59 Å². The largest absolute Gasteiger partial charge is 0.357 e. The van der Waals surface area contributed by atoms with Gasteiger partial charge in [-0.2, -0.15) is 0 Å². The van der Waals surface area contributed by atoms with Crippen molar-refractivity contribution in [3.8, 4) is 0 Å². The first kappa shape index (κ1) is 20.0. The SMILES string of the molecule is CCC(C(=O)NC)N(Cc1ccc(Cl)cc1)C(=O)Cc1ccccc1C. The molecular weight excluding hydrogens is 348 g/mol. The molecule has 0 saturated heterocycles. The maximum absolute atomic E-state index is 13.1. The van der Waals surface area contributed by atoms with Gasteiger partial charge < -0.3 is 10.2 Å². The van der Waals surface area contributed by atoms with Crippen molar-refractivity contribution in [2.24, 2.45) is 0 Å². The molecule has 0 fully saturated rings. The van der Waals surface area contributed by atoms with Crippen molar-refractivity contribution >= 4 is 23.4 Å². The Bertz CT molecular complexity index is 759. The smallest absolute Gasteiger partial charge is 0.242 e. The zero-order chi connectivity index (χ0) is 19.1. The maximum Gasteiger partial charge on any atom is 0.242 e. The van der Waals surface area contributed by atoms with Crippen LogP contribution in [0.5, 0.6) is 0 Å². The molecule has 0 radical (unpaired) electrons. The number of benzene rings is 2. The number of carbonyl (C=O) groups is 2. The van der Waals surface area contributed by atoms with Crippen molar-refractivity contribution in [2.75, 3.05) is 7.05 Å². The van der Waals surface area contributed by atoms with Gasteiger partial charge in [-0.05, 0) is 42.2 Å². The number of halogens is 1. The summed E-state index contributed by atoms with van der Waals surface area (Å²) in [6.07, 6.45) is 0.820. The zero-order valence-electron chi connectivity index (χ0n) is 15.5. The van der Waals surface area contributed by atoms with Crippen LogP contribution >= 0.6 is 11.6 Å². The van der Waals surface area contributed by atoms with Crippen LogP contribution in [-0.2, 0) is 22.6 Å². The number of amides is 2. The third-order valence-corrected chi connectivity index (χ3v) is 4.75. The lowest BCUT2D eigenvalue weighted by Crippen LogP contribution is -2.48. The minimum Gasteiger partial charge on any atom is -0.357 e. The second kappa shape index (κ2) is 9.39. The van der Waals surface area contributed by atoms with Crippen molar-refractivity contribution in [2.45, 2.75) is 39.3 Å². The van der Waals surface area contributed by atoms with Crippen LogP contribution in [0.15, 0.2) is 48.5 Å². The van der Waals surface area contributed by atoms with Crippen LogP contribution in [-0.4, -0.2) is 29.8 Å². The highest BCUT2D eigenvalue weighted by molar-refractivity contribution is 6.30. The Morgan fingerprint density at radius 3 is 2.35 bits per heavy atom. The molecule has 0 heterocycles. The van der Waals surface area contributed by atoms with Crippen molar-refractivity contribution in [3.05, 3.63) is 70.2 Å². The zero-order valence-corrected chi connectivity index (χ0v) is 16.2. The Morgan fingerprint density at radius 1 is 1.12 bits per heavy atom. The molecule has 1 N–H and O–H groups in total. The first-order valence-corrected chi connectivity index (χ1v) is 9.14. The Kier molecular flexibility index (Phi) is 7.22. The van der Waals surface area contributed by atoms with Crippen LogP contribution in [0.1, 0.15) is 30.0 Å². The van der Waals surface area contributed by atoms with E-state index in [0.29, 0.717) is 18.0 Å². The standard InChI is InChI=1S/C21H25ClN2O2/c1-4-19(21(26)23-3)24(14-16-9-11-18(22)12-10-16)20(25)13-17-8-6-5-7-15(17)2/h5-12,19H,4,13-14H2,1-3H3,(H,23,26). The fourth-order valence-electron chi connectivity index (χ4n) is 2.95. The lowest BCUT2D eigenvalue weighted by atomic mass is 10.0.